The van der Waals surface area contributed by atoms with E-state index in [0.717, 1.165) is 0 Å². The number of hydrogen-bond acceptors (Lipinski definition) is 9. The van der Waals surface area contributed by atoms with E-state index in [1.54, 1.807) is 12.1 Å². The summed E-state index contributed by atoms with van der Waals surface area (Å²) in [5.41, 5.74) is 17.7. The van der Waals surface area contributed by atoms with Gasteiger partial charge in [-0.1, -0.05) is 12.1 Å². The van der Waals surface area contributed by atoms with Gasteiger partial charge in [0.2, 0.25) is 17.7 Å². The van der Waals surface area contributed by atoms with Crippen molar-refractivity contribution in [2.45, 2.75) is 82.0 Å². The number of amides is 3. The molecule has 0 saturated heterocycles. The molecule has 1 rings (SSSR count). The summed E-state index contributed by atoms with van der Waals surface area (Å²) in [7, 11) is 0. The topological polar surface area (TPSA) is 260 Å². The van der Waals surface area contributed by atoms with Gasteiger partial charge in [0.15, 0.2) is 0 Å². The van der Waals surface area contributed by atoms with Crippen LogP contribution in [-0.4, -0.2) is 82.2 Å². The highest BCUT2D eigenvalue weighted by Gasteiger charge is 2.30. The summed E-state index contributed by atoms with van der Waals surface area (Å²) < 4.78 is 0. The predicted octanol–water partition coefficient (Wildman–Crippen LogP) is -1.08. The Balaban J connectivity index is 2.99. The fourth-order valence-electron chi connectivity index (χ4n) is 3.85. The molecule has 4 atom stereocenters. The lowest BCUT2D eigenvalue weighted by atomic mass is 10.0. The zero-order chi connectivity index (χ0) is 30.1. The van der Waals surface area contributed by atoms with E-state index in [-0.39, 0.29) is 31.4 Å². The molecule has 0 saturated carbocycles. The third kappa shape index (κ3) is 13.4. The van der Waals surface area contributed by atoms with Crippen LogP contribution in [-0.2, 0) is 30.4 Å². The van der Waals surface area contributed by atoms with Gasteiger partial charge in [0.05, 0.1) is 6.04 Å². The van der Waals surface area contributed by atoms with Crippen molar-refractivity contribution in [1.29, 1.82) is 0 Å². The number of nitrogens with two attached hydrogens (primary N) is 3. The number of phenolic OH excluding ortho intramolecular Hbond substituents is 1. The molecule has 0 heterocycles. The molecule has 1 aromatic rings. The second kappa shape index (κ2) is 18.5. The Morgan fingerprint density at radius 2 is 1.18 bits per heavy atom. The molecule has 12 N–H and O–H groups in total. The number of unbranched alkanes of at least 4 members (excludes halogenated alkanes) is 2. The van der Waals surface area contributed by atoms with E-state index in [2.05, 4.69) is 16.0 Å². The van der Waals surface area contributed by atoms with Gasteiger partial charge in [-0.2, -0.15) is 0 Å². The van der Waals surface area contributed by atoms with Crippen molar-refractivity contribution in [3.8, 4) is 5.75 Å². The number of hydrogen-bond donors (Lipinski definition) is 9. The molecule has 4 unspecified atom stereocenters. The molecule has 0 aliphatic heterocycles. The first kappa shape index (κ1) is 34.3. The van der Waals surface area contributed by atoms with Gasteiger partial charge < -0.3 is 48.5 Å². The minimum absolute atomic E-state index is 0.0603. The van der Waals surface area contributed by atoms with E-state index >= 15 is 0 Å². The van der Waals surface area contributed by atoms with Crippen LogP contribution in [0.4, 0.5) is 0 Å². The summed E-state index contributed by atoms with van der Waals surface area (Å²) in [4.78, 5) is 61.7. The minimum atomic E-state index is -1.36. The minimum Gasteiger partial charge on any atom is -0.508 e. The van der Waals surface area contributed by atoms with Crippen LogP contribution in [0.2, 0.25) is 0 Å². The van der Waals surface area contributed by atoms with E-state index in [4.69, 9.17) is 22.3 Å². The summed E-state index contributed by atoms with van der Waals surface area (Å²) in [6, 6.07) is 1.40. The number of rotatable bonds is 20. The number of nitrogens with one attached hydrogen (secondary N) is 3. The number of carboxylic acid groups (broad SMARTS) is 2. The molecule has 224 valence electrons. The normalized spacial score (nSPS) is 13.9. The smallest absolute Gasteiger partial charge is 0.326 e. The first-order chi connectivity index (χ1) is 19.0. The molecule has 0 radical (unpaired) electrons. The Morgan fingerprint density at radius 1 is 0.700 bits per heavy atom. The van der Waals surface area contributed by atoms with Crippen LogP contribution < -0.4 is 33.2 Å². The highest BCUT2D eigenvalue weighted by molar-refractivity contribution is 5.94. The fourth-order valence-corrected chi connectivity index (χ4v) is 3.85. The highest BCUT2D eigenvalue weighted by atomic mass is 16.4. The van der Waals surface area contributed by atoms with Crippen molar-refractivity contribution in [3.05, 3.63) is 29.8 Å². The zero-order valence-corrected chi connectivity index (χ0v) is 22.5. The van der Waals surface area contributed by atoms with Crippen LogP contribution in [0, 0.1) is 0 Å². The van der Waals surface area contributed by atoms with Crippen LogP contribution >= 0.6 is 0 Å². The lowest BCUT2D eigenvalue weighted by Crippen LogP contribution is -2.57. The average molecular weight is 567 g/mol. The van der Waals surface area contributed by atoms with Crippen molar-refractivity contribution in [3.63, 3.8) is 0 Å². The van der Waals surface area contributed by atoms with Gasteiger partial charge >= 0.3 is 11.9 Å². The van der Waals surface area contributed by atoms with Gasteiger partial charge in [-0.3, -0.25) is 19.2 Å². The molecule has 1 aromatic carbocycles. The number of phenols is 1. The molecule has 14 nitrogen and oxygen atoms in total. The number of benzene rings is 1. The Kier molecular flexibility index (Phi) is 15.9. The van der Waals surface area contributed by atoms with Gasteiger partial charge in [-0.15, -0.1) is 0 Å². The van der Waals surface area contributed by atoms with Crippen molar-refractivity contribution in [2.24, 2.45) is 17.2 Å². The standard InChI is InChI=1S/C26H42N6O8/c27-13-3-1-5-19(30-23(36)18(29)15-16-7-9-17(33)10-8-16)24(37)31-20(11-12-22(34)35)25(38)32-21(26(39)40)6-2-4-14-28/h7-10,18-21,33H,1-6,11-15,27-29H2,(H,30,36)(H,31,37)(H,32,38)(H,34,35)(H,39,40). The number of carbonyl (C=O) groups is 5. The van der Waals surface area contributed by atoms with Crippen LogP contribution in [0.5, 0.6) is 5.75 Å². The molecule has 3 amide bonds. The first-order valence-electron chi connectivity index (χ1n) is 13.3. The quantitative estimate of drug-likeness (QED) is 0.0857. The van der Waals surface area contributed by atoms with Gasteiger partial charge in [-0.05, 0) is 82.2 Å². The van der Waals surface area contributed by atoms with E-state index in [1.165, 1.54) is 12.1 Å². The van der Waals surface area contributed by atoms with E-state index in [0.29, 0.717) is 44.3 Å². The van der Waals surface area contributed by atoms with Crippen molar-refractivity contribution < 1.29 is 39.3 Å². The Labute approximate surface area is 233 Å². The molecular weight excluding hydrogens is 524 g/mol. The summed E-state index contributed by atoms with van der Waals surface area (Å²) in [5, 5.41) is 35.4. The summed E-state index contributed by atoms with van der Waals surface area (Å²) in [6.07, 6.45) is 1.67. The second-order valence-electron chi connectivity index (χ2n) is 9.50. The third-order valence-corrected chi connectivity index (χ3v) is 6.15. The van der Waals surface area contributed by atoms with Crippen LogP contribution in [0.1, 0.15) is 56.9 Å². The summed E-state index contributed by atoms with van der Waals surface area (Å²) >= 11 is 0. The molecule has 40 heavy (non-hydrogen) atoms. The highest BCUT2D eigenvalue weighted by Crippen LogP contribution is 2.12. The molecule has 0 aromatic heterocycles. The van der Waals surface area contributed by atoms with Crippen molar-refractivity contribution >= 4 is 29.7 Å². The molecule has 0 spiro atoms. The SMILES string of the molecule is NCCCCC(NC(=O)C(CCC(=O)O)NC(=O)C(CCCCN)NC(=O)C(N)Cc1ccc(O)cc1)C(=O)O. The van der Waals surface area contributed by atoms with Gasteiger partial charge in [-0.25, -0.2) is 4.79 Å². The van der Waals surface area contributed by atoms with Gasteiger partial charge in [0.25, 0.3) is 0 Å². The van der Waals surface area contributed by atoms with Crippen molar-refractivity contribution in [2.75, 3.05) is 13.1 Å². The van der Waals surface area contributed by atoms with Crippen LogP contribution in [0.25, 0.3) is 0 Å². The Bertz CT molecular complexity index is 974. The van der Waals surface area contributed by atoms with E-state index in [1.807, 2.05) is 0 Å². The molecule has 0 aliphatic rings. The third-order valence-electron chi connectivity index (χ3n) is 6.15. The van der Waals surface area contributed by atoms with Gasteiger partial charge in [0.1, 0.15) is 23.9 Å². The molecule has 14 heteroatoms. The number of carboxylic acids is 2. The molecule has 0 aliphatic carbocycles. The van der Waals surface area contributed by atoms with Crippen LogP contribution in [0.3, 0.4) is 0 Å². The van der Waals surface area contributed by atoms with E-state index < -0.39 is 60.2 Å². The number of aliphatic carboxylic acids is 2. The molecule has 0 bridgehead atoms. The predicted molar refractivity (Wildman–Crippen MR) is 146 cm³/mol. The van der Waals surface area contributed by atoms with Gasteiger partial charge in [0, 0.05) is 6.42 Å². The first-order valence-corrected chi connectivity index (χ1v) is 13.3. The molecule has 0 fully saturated rings. The van der Waals surface area contributed by atoms with E-state index in [9.17, 15) is 34.2 Å². The summed E-state index contributed by atoms with van der Waals surface area (Å²) in [6.45, 7) is 0.709. The molecular formula is C26H42N6O8. The lowest BCUT2D eigenvalue weighted by molar-refractivity contribution is -0.143. The summed E-state index contributed by atoms with van der Waals surface area (Å²) in [5.74, 6) is -4.65. The lowest BCUT2D eigenvalue weighted by Gasteiger charge is -2.25. The Morgan fingerprint density at radius 3 is 1.68 bits per heavy atom. The number of carbonyl (C=O) groups excluding carboxylic acids is 3. The van der Waals surface area contributed by atoms with Crippen LogP contribution in [0.15, 0.2) is 24.3 Å². The zero-order valence-electron chi connectivity index (χ0n) is 22.5. The maximum Gasteiger partial charge on any atom is 0.326 e. The number of aromatic hydroxyl groups is 1. The largest absolute Gasteiger partial charge is 0.508 e. The maximum atomic E-state index is 13.2. The average Bonchev–Trinajstić information content (AvgIpc) is 2.90. The van der Waals surface area contributed by atoms with Crippen molar-refractivity contribution in [1.82, 2.24) is 16.0 Å². The second-order valence-corrected chi connectivity index (χ2v) is 9.50. The Hall–Kier alpha value is -3.75. The maximum absolute atomic E-state index is 13.2. The monoisotopic (exact) mass is 566 g/mol. The fraction of sp³-hybridized carbons (Fsp3) is 0.577.